The summed E-state index contributed by atoms with van der Waals surface area (Å²) in [6, 6.07) is 21.2. The molecule has 0 bridgehead atoms. The number of ether oxygens (including phenoxy) is 4. The van der Waals surface area contributed by atoms with Gasteiger partial charge in [0.15, 0.2) is 0 Å². The van der Waals surface area contributed by atoms with Crippen LogP contribution in [0.4, 0.5) is 0 Å². The summed E-state index contributed by atoms with van der Waals surface area (Å²) >= 11 is 0. The van der Waals surface area contributed by atoms with Crippen molar-refractivity contribution < 1.29 is 24.1 Å². The maximum atomic E-state index is 11.1. The van der Waals surface area contributed by atoms with Gasteiger partial charge in [-0.15, -0.1) is 0 Å². The molecule has 1 heterocycles. The zero-order valence-corrected chi connectivity index (χ0v) is 19.4. The van der Waals surface area contributed by atoms with Crippen LogP contribution < -0.4 is 18.9 Å². The molecule has 0 radical (unpaired) electrons. The Bertz CT molecular complexity index is 1070. The molecule has 33 heavy (non-hydrogen) atoms. The Hall–Kier alpha value is -3.22. The monoisotopic (exact) mass is 449 g/mol. The van der Waals surface area contributed by atoms with Gasteiger partial charge in [0.2, 0.25) is 0 Å². The van der Waals surface area contributed by atoms with Gasteiger partial charge < -0.3 is 24.1 Å². The van der Waals surface area contributed by atoms with Gasteiger partial charge >= 0.3 is 0 Å². The van der Waals surface area contributed by atoms with Crippen LogP contribution in [0.1, 0.15) is 23.6 Å². The lowest BCUT2D eigenvalue weighted by atomic mass is 9.94. The lowest BCUT2D eigenvalue weighted by Crippen LogP contribution is -2.30. The predicted molar refractivity (Wildman–Crippen MR) is 127 cm³/mol. The van der Waals surface area contributed by atoms with Crippen LogP contribution in [0.3, 0.4) is 0 Å². The zero-order chi connectivity index (χ0) is 23.3. The van der Waals surface area contributed by atoms with Crippen molar-refractivity contribution in [3.8, 4) is 23.0 Å². The Morgan fingerprint density at radius 1 is 0.970 bits per heavy atom. The van der Waals surface area contributed by atoms with Gasteiger partial charge in [0, 0.05) is 30.8 Å². The molecule has 174 valence electrons. The van der Waals surface area contributed by atoms with E-state index in [0.29, 0.717) is 19.7 Å². The van der Waals surface area contributed by atoms with Crippen LogP contribution in [0, 0.1) is 0 Å². The molecule has 1 aliphatic rings. The average Bonchev–Trinajstić information content (AvgIpc) is 3.04. The maximum Gasteiger partial charge on any atom is 0.123 e. The molecule has 4 rings (SSSR count). The molecule has 6 heteroatoms. The zero-order valence-electron chi connectivity index (χ0n) is 19.4. The highest BCUT2D eigenvalue weighted by atomic mass is 16.5. The second-order valence-corrected chi connectivity index (χ2v) is 8.43. The van der Waals surface area contributed by atoms with Crippen LogP contribution in [0.5, 0.6) is 23.0 Å². The SMILES string of the molecule is COc1ccc(OC)c(CN2CCOc3ccc(C(C)(O)COc4ccccc4)cc3C2)c1. The minimum absolute atomic E-state index is 0.154. The third kappa shape index (κ3) is 5.59. The van der Waals surface area contributed by atoms with Gasteiger partial charge in [-0.3, -0.25) is 4.90 Å². The number of methoxy groups -OCH3 is 2. The minimum atomic E-state index is -1.14. The lowest BCUT2D eigenvalue weighted by molar-refractivity contribution is 0.00748. The van der Waals surface area contributed by atoms with Crippen molar-refractivity contribution in [2.75, 3.05) is 34.0 Å². The highest BCUT2D eigenvalue weighted by molar-refractivity contribution is 5.42. The Labute approximate surface area is 195 Å². The van der Waals surface area contributed by atoms with Crippen LogP contribution in [0.25, 0.3) is 0 Å². The summed E-state index contributed by atoms with van der Waals surface area (Å²) in [6.07, 6.45) is 0. The molecule has 6 nitrogen and oxygen atoms in total. The normalized spacial score (nSPS) is 15.5. The first-order chi connectivity index (χ1) is 16.0. The fraction of sp³-hybridized carbons (Fsp3) is 0.333. The Kier molecular flexibility index (Phi) is 7.06. The van der Waals surface area contributed by atoms with Crippen LogP contribution in [0.2, 0.25) is 0 Å². The fourth-order valence-electron chi connectivity index (χ4n) is 3.99. The summed E-state index contributed by atoms with van der Waals surface area (Å²) in [7, 11) is 3.34. The average molecular weight is 450 g/mol. The molecule has 3 aromatic carbocycles. The third-order valence-corrected chi connectivity index (χ3v) is 5.89. The molecule has 0 saturated carbocycles. The molecule has 1 atom stereocenters. The molecule has 1 N–H and O–H groups in total. The molecule has 1 aliphatic heterocycles. The largest absolute Gasteiger partial charge is 0.497 e. The lowest BCUT2D eigenvalue weighted by Gasteiger charge is -2.26. The number of nitrogens with zero attached hydrogens (tertiary/aromatic N) is 1. The molecule has 3 aromatic rings. The van der Waals surface area contributed by atoms with Crippen molar-refractivity contribution in [1.82, 2.24) is 4.90 Å². The van der Waals surface area contributed by atoms with Crippen molar-refractivity contribution in [1.29, 1.82) is 0 Å². The Morgan fingerprint density at radius 2 is 1.79 bits per heavy atom. The van der Waals surface area contributed by atoms with E-state index in [-0.39, 0.29) is 6.61 Å². The van der Waals surface area contributed by atoms with Gasteiger partial charge in [-0.1, -0.05) is 24.3 Å². The number of rotatable bonds is 8. The summed E-state index contributed by atoms with van der Waals surface area (Å²) in [4.78, 5) is 2.31. The van der Waals surface area contributed by atoms with Gasteiger partial charge in [-0.2, -0.15) is 0 Å². The van der Waals surface area contributed by atoms with Gasteiger partial charge in [-0.05, 0) is 55.0 Å². The minimum Gasteiger partial charge on any atom is -0.497 e. The molecule has 1 unspecified atom stereocenters. The number of aliphatic hydroxyl groups is 1. The van der Waals surface area contributed by atoms with Gasteiger partial charge in [0.05, 0.1) is 14.2 Å². The summed E-state index contributed by atoms with van der Waals surface area (Å²) in [5.41, 5.74) is 1.74. The Morgan fingerprint density at radius 3 is 2.55 bits per heavy atom. The van der Waals surface area contributed by atoms with Gasteiger partial charge in [0.1, 0.15) is 41.8 Å². The predicted octanol–water partition coefficient (Wildman–Crippen LogP) is 4.38. The van der Waals surface area contributed by atoms with E-state index < -0.39 is 5.60 Å². The number of benzene rings is 3. The van der Waals surface area contributed by atoms with E-state index in [1.165, 1.54) is 0 Å². The first-order valence-electron chi connectivity index (χ1n) is 11.1. The molecule has 0 fully saturated rings. The van der Waals surface area contributed by atoms with E-state index >= 15 is 0 Å². The first kappa shape index (κ1) is 23.0. The molecule has 0 spiro atoms. The van der Waals surface area contributed by atoms with E-state index in [1.54, 1.807) is 21.1 Å². The number of hydrogen-bond acceptors (Lipinski definition) is 6. The van der Waals surface area contributed by atoms with Crippen molar-refractivity contribution in [3.63, 3.8) is 0 Å². The van der Waals surface area contributed by atoms with Crippen LogP contribution >= 0.6 is 0 Å². The molecule has 0 saturated heterocycles. The van der Waals surface area contributed by atoms with E-state index in [9.17, 15) is 5.11 Å². The van der Waals surface area contributed by atoms with Crippen LogP contribution in [-0.4, -0.2) is 44.0 Å². The van der Waals surface area contributed by atoms with Crippen LogP contribution in [-0.2, 0) is 18.7 Å². The quantitative estimate of drug-likeness (QED) is 0.551. The van der Waals surface area contributed by atoms with E-state index in [1.807, 2.05) is 66.7 Å². The topological polar surface area (TPSA) is 60.4 Å². The van der Waals surface area contributed by atoms with Gasteiger partial charge in [0.25, 0.3) is 0 Å². The summed E-state index contributed by atoms with van der Waals surface area (Å²) in [5.74, 6) is 3.21. The van der Waals surface area contributed by atoms with Gasteiger partial charge in [-0.25, -0.2) is 0 Å². The summed E-state index contributed by atoms with van der Waals surface area (Å²) in [6.45, 7) is 4.68. The van der Waals surface area contributed by atoms with Crippen molar-refractivity contribution >= 4 is 0 Å². The second-order valence-electron chi connectivity index (χ2n) is 8.43. The smallest absolute Gasteiger partial charge is 0.123 e. The molecule has 0 aliphatic carbocycles. The molecular weight excluding hydrogens is 418 g/mol. The van der Waals surface area contributed by atoms with E-state index in [4.69, 9.17) is 18.9 Å². The standard InChI is InChI=1S/C27H31NO5/c1-27(29,19-33-23-7-5-4-6-8-23)22-9-11-26-20(15-22)17-28(13-14-32-26)18-21-16-24(30-2)10-12-25(21)31-3/h4-12,15-16,29H,13-14,17-19H2,1-3H3. The second kappa shape index (κ2) is 10.1. The number of hydrogen-bond donors (Lipinski definition) is 1. The molecule has 0 aromatic heterocycles. The molecular formula is C27H31NO5. The van der Waals surface area contributed by atoms with Crippen molar-refractivity contribution in [3.05, 3.63) is 83.4 Å². The van der Waals surface area contributed by atoms with Crippen molar-refractivity contribution in [2.45, 2.75) is 25.6 Å². The summed E-state index contributed by atoms with van der Waals surface area (Å²) in [5, 5.41) is 11.1. The highest BCUT2D eigenvalue weighted by Crippen LogP contribution is 2.32. The van der Waals surface area contributed by atoms with E-state index in [2.05, 4.69) is 4.90 Å². The maximum absolute atomic E-state index is 11.1. The summed E-state index contributed by atoms with van der Waals surface area (Å²) < 4.78 is 22.8. The number of fused-ring (bicyclic) bond motifs is 1. The Balaban J connectivity index is 1.51. The van der Waals surface area contributed by atoms with Crippen LogP contribution in [0.15, 0.2) is 66.7 Å². The number of para-hydroxylation sites is 1. The van der Waals surface area contributed by atoms with Crippen molar-refractivity contribution in [2.24, 2.45) is 0 Å². The third-order valence-electron chi connectivity index (χ3n) is 5.89. The molecule has 0 amide bonds. The highest BCUT2D eigenvalue weighted by Gasteiger charge is 2.27. The fourth-order valence-corrected chi connectivity index (χ4v) is 3.99. The van der Waals surface area contributed by atoms with E-state index in [0.717, 1.165) is 46.2 Å². The first-order valence-corrected chi connectivity index (χ1v) is 11.1.